The number of aliphatic carboxylic acids is 1. The van der Waals surface area contributed by atoms with E-state index in [1.807, 2.05) is 0 Å². The van der Waals surface area contributed by atoms with Crippen molar-refractivity contribution >= 4 is 113 Å². The zero-order valence-corrected chi connectivity index (χ0v) is 53.6. The van der Waals surface area contributed by atoms with Crippen LogP contribution in [0, 0.1) is 0 Å². The number of imidazole rings is 3. The molecule has 3 saturated heterocycles. The third-order valence-corrected chi connectivity index (χ3v) is 18.1. The number of hydrogen-bond acceptors (Lipinski definition) is 33. The Morgan fingerprint density at radius 1 is 0.657 bits per heavy atom. The molecule has 2 unspecified atom stereocenters. The molecule has 12 atom stereocenters. The summed E-state index contributed by atoms with van der Waals surface area (Å²) in [4.78, 5) is 138. The maximum absolute atomic E-state index is 14.1. The van der Waals surface area contributed by atoms with Crippen molar-refractivity contribution in [1.29, 1.82) is 0 Å². The molecule has 42 nitrogen and oxygen atoms in total. The van der Waals surface area contributed by atoms with Crippen LogP contribution in [0.25, 0.3) is 44.7 Å². The van der Waals surface area contributed by atoms with Gasteiger partial charge in [0.1, 0.15) is 59.9 Å². The van der Waals surface area contributed by atoms with Crippen LogP contribution >= 0.6 is 15.6 Å². The first-order chi connectivity index (χ1) is 47.5. The first-order valence-corrected chi connectivity index (χ1v) is 33.6. The van der Waals surface area contributed by atoms with Gasteiger partial charge >= 0.3 is 27.6 Å². The minimum Gasteiger partial charge on any atom is -0.480 e. The number of nitrogens with two attached hydrogens (primary N) is 4. The fourth-order valence-corrected chi connectivity index (χ4v) is 13.2. The van der Waals surface area contributed by atoms with Crippen LogP contribution in [0.15, 0.2) is 73.2 Å². The Hall–Kier alpha value is -9.97. The summed E-state index contributed by atoms with van der Waals surface area (Å²) in [6.45, 7) is -1.35. The topological polar surface area (TPSA) is 600 Å². The average Bonchev–Trinajstić information content (AvgIpc) is 1.65. The molecule has 3 aliphatic rings. The first kappa shape index (κ1) is 69.0. The highest BCUT2D eigenvalue weighted by molar-refractivity contribution is 7.47. The Morgan fingerprint density at radius 3 is 1.73 bits per heavy atom. The molecule has 0 radical (unpaired) electrons. The zero-order chi connectivity index (χ0) is 69.7. The van der Waals surface area contributed by atoms with Crippen LogP contribution in [0.4, 0.5) is 29.1 Å². The smallest absolute Gasteiger partial charge is 0.472 e. The number of carboxylic acids is 1. The molecule has 8 aromatic heterocycles. The van der Waals surface area contributed by atoms with Gasteiger partial charge in [-0.15, -0.1) is 0 Å². The van der Waals surface area contributed by atoms with E-state index < -0.39 is 126 Å². The molecule has 2 amide bonds. The van der Waals surface area contributed by atoms with Crippen LogP contribution in [-0.4, -0.2) is 191 Å². The number of H-pyrrole nitrogens is 1. The number of aromatic nitrogens is 16. The molecule has 3 fully saturated rings. The van der Waals surface area contributed by atoms with Gasteiger partial charge in [-0.2, -0.15) is 4.98 Å². The number of ether oxygens (including phenoxy) is 4. The predicted molar refractivity (Wildman–Crippen MR) is 339 cm³/mol. The maximum Gasteiger partial charge on any atom is 0.472 e. The van der Waals surface area contributed by atoms with Crippen molar-refractivity contribution in [1.82, 2.24) is 89.1 Å². The van der Waals surface area contributed by atoms with E-state index >= 15 is 0 Å². The largest absolute Gasteiger partial charge is 0.480 e. The lowest BCUT2D eigenvalue weighted by Gasteiger charge is -2.23. The lowest BCUT2D eigenvalue weighted by molar-refractivity contribution is -0.155. The van der Waals surface area contributed by atoms with Crippen LogP contribution in [0.5, 0.6) is 0 Å². The molecule has 1 aromatic carbocycles. The molecule has 9 aromatic rings. The van der Waals surface area contributed by atoms with Gasteiger partial charge in [0.15, 0.2) is 64.2 Å². The Kier molecular flexibility index (Phi) is 20.6. The number of rotatable bonds is 30. The summed E-state index contributed by atoms with van der Waals surface area (Å²) in [5.41, 5.74) is 25.6. The minimum absolute atomic E-state index is 0.00445. The summed E-state index contributed by atoms with van der Waals surface area (Å²) in [5.74, 6) is -3.08. The normalized spacial score (nSPS) is 22.4. The average molecular weight is 1410 g/mol. The number of hydrogen-bond donors (Lipinski definition) is 12. The number of aromatic amines is 1. The van der Waals surface area contributed by atoms with Crippen molar-refractivity contribution in [2.24, 2.45) is 0 Å². The van der Waals surface area contributed by atoms with Crippen molar-refractivity contribution in [3.05, 3.63) is 90.0 Å². The van der Waals surface area contributed by atoms with E-state index in [2.05, 4.69) is 80.7 Å². The number of nitrogens with one attached hydrogen (secondary N) is 4. The van der Waals surface area contributed by atoms with E-state index in [4.69, 9.17) is 60.0 Å². The van der Waals surface area contributed by atoms with E-state index in [1.54, 1.807) is 12.1 Å². The van der Waals surface area contributed by atoms with Gasteiger partial charge in [0, 0.05) is 49.9 Å². The lowest BCUT2D eigenvalue weighted by Crippen LogP contribution is -2.41. The van der Waals surface area contributed by atoms with Crippen molar-refractivity contribution in [2.45, 2.75) is 126 Å². The number of phosphoric acid groups is 2. The molecule has 0 bridgehead atoms. The van der Waals surface area contributed by atoms with Crippen molar-refractivity contribution in [3.8, 4) is 0 Å². The Labute approximate surface area is 556 Å². The van der Waals surface area contributed by atoms with Crippen LogP contribution < -0.4 is 44.4 Å². The van der Waals surface area contributed by atoms with Gasteiger partial charge in [0.2, 0.25) is 11.9 Å². The van der Waals surface area contributed by atoms with Gasteiger partial charge in [0.25, 0.3) is 11.5 Å². The molecule has 99 heavy (non-hydrogen) atoms. The van der Waals surface area contributed by atoms with E-state index in [9.17, 15) is 53.1 Å². The molecule has 524 valence electrons. The summed E-state index contributed by atoms with van der Waals surface area (Å²) in [6, 6.07) is 4.75. The maximum atomic E-state index is 14.1. The number of phosphoric ester groups is 2. The first-order valence-electron chi connectivity index (χ1n) is 30.6. The monoisotopic (exact) mass is 1410 g/mol. The number of carbonyl (C=O) groups is 4. The second kappa shape index (κ2) is 29.6. The number of nitrogen functional groups attached to an aromatic ring is 4. The Morgan fingerprint density at radius 2 is 1.18 bits per heavy atom. The molecule has 44 heteroatoms. The van der Waals surface area contributed by atoms with Gasteiger partial charge in [0.05, 0.1) is 75.6 Å². The van der Waals surface area contributed by atoms with E-state index in [1.165, 1.54) is 63.7 Å². The highest BCUT2D eigenvalue weighted by atomic mass is 31.2. The molecule has 3 aliphatic heterocycles. The van der Waals surface area contributed by atoms with E-state index in [0.29, 0.717) is 30.6 Å². The highest BCUT2D eigenvalue weighted by Crippen LogP contribution is 2.53. The van der Waals surface area contributed by atoms with Gasteiger partial charge in [-0.1, -0.05) is 6.42 Å². The van der Waals surface area contributed by atoms with Crippen LogP contribution in [0.3, 0.4) is 0 Å². The molecule has 16 N–H and O–H groups in total. The number of aliphatic hydroxyl groups is 1. The number of amides is 2. The lowest BCUT2D eigenvalue weighted by atomic mass is 10.1. The van der Waals surface area contributed by atoms with Crippen molar-refractivity contribution in [3.63, 3.8) is 0 Å². The van der Waals surface area contributed by atoms with Gasteiger partial charge < -0.3 is 77.8 Å². The molecule has 12 rings (SSSR count). The van der Waals surface area contributed by atoms with Crippen LogP contribution in [0.1, 0.15) is 92.5 Å². The summed E-state index contributed by atoms with van der Waals surface area (Å²) >= 11 is 0. The van der Waals surface area contributed by atoms with E-state index in [0.717, 1.165) is 6.33 Å². The molecule has 0 aliphatic carbocycles. The number of aliphatic hydroxyl groups excluding tert-OH is 1. The van der Waals surface area contributed by atoms with Crippen molar-refractivity contribution < 1.29 is 85.4 Å². The molecule has 0 spiro atoms. The standard InChI is InChI=1S/C55H65N23O19P2/c56-42-38-46(66-20-63-42)76(23-69-38)51-33(95-37(81)4-2-1-3-11-60-36(80)10-9-32(54(84)85)73-49(82)26-5-7-27(8-6-26)61-15-28-16-62-45-41(72-28)50(83)75-55(59)74-45)13-30(93-51)18-90-99(88,89)97-35-14-31(94-53(35)78-25-71-40-44(58)65-22-68-48(40)78)19-91-98(86,87)96-34-12-29(17-79)92-52(34)77-24-70-39-43(57)64-21-67-47(39)77/h5-8,16,20-25,29-35,51-53,61,79H,1-4,9-15,17-19H2,(H,60,80)(H,73,82)(H,84,85)(H,86,87)(H,88,89)(H2,56,63,66)(H2,57,64,67)(H2,58,65,68)(H3,59,62,74,75,83)/t29-,30-,31-,32-,33+,34+,35+,51+,52+,53+/m0/s1. The Balaban J connectivity index is 0.612. The number of carbonyl (C=O) groups excluding carboxylic acids is 3. The van der Waals surface area contributed by atoms with Gasteiger partial charge in [-0.3, -0.25) is 56.0 Å². The van der Waals surface area contributed by atoms with Crippen LogP contribution in [0.2, 0.25) is 0 Å². The number of carboxylic acid groups (broad SMARTS) is 1. The second-order valence-corrected chi connectivity index (χ2v) is 25.7. The third kappa shape index (κ3) is 16.1. The van der Waals surface area contributed by atoms with Gasteiger partial charge in [-0.05, 0) is 43.5 Å². The highest BCUT2D eigenvalue weighted by Gasteiger charge is 2.47. The molecule has 11 heterocycles. The van der Waals surface area contributed by atoms with E-state index in [-0.39, 0.29) is 125 Å². The SMILES string of the molecule is Nc1nc2ncc(CNc3ccc(C(=O)N[C@@H](CCC(=O)NCCCCCC(=O)O[C@@H]4C[C@@H](COP(=O)(O)O[C@@H]5C[C@@H](COP(=O)(O)O[C@@H]6C[C@@H](CO)O[C@H]6n6cnc7c(N)ncnc76)O[C@H]5n5cnc6c(N)ncnc65)O[C@H]4n4cnc5c(N)ncnc54)C(=O)O)cc3)nc2c(=O)[nH]1. The molecular formula is C55H65N23O19P2. The number of anilines is 5. The van der Waals surface area contributed by atoms with Crippen molar-refractivity contribution in [2.75, 3.05) is 54.6 Å². The number of fused-ring (bicyclic) bond motifs is 4. The third-order valence-electron chi connectivity index (χ3n) is 16.0. The summed E-state index contributed by atoms with van der Waals surface area (Å²) in [7, 11) is -10.1. The van der Waals surface area contributed by atoms with Gasteiger partial charge in [-0.25, -0.2) is 68.7 Å². The number of unbranched alkanes of at least 4 members (excludes halogenated alkanes) is 2. The molecule has 0 saturated carbocycles. The fraction of sp³-hybridized carbons (Fsp3) is 0.436. The minimum atomic E-state index is -5.13. The number of benzene rings is 1. The summed E-state index contributed by atoms with van der Waals surface area (Å²) in [6.07, 6.45) is -0.914. The van der Waals surface area contributed by atoms with Crippen LogP contribution in [-0.2, 0) is 67.1 Å². The summed E-state index contributed by atoms with van der Waals surface area (Å²) in [5, 5.41) is 28.1. The summed E-state index contributed by atoms with van der Waals surface area (Å²) < 4.78 is 78.9. The molecular weight excluding hydrogens is 1350 g/mol. The quantitative estimate of drug-likeness (QED) is 0.0166. The second-order valence-electron chi connectivity index (χ2n) is 22.9. The fourth-order valence-electron chi connectivity index (χ4n) is 11.3. The predicted octanol–water partition coefficient (Wildman–Crippen LogP) is 0.585. The number of esters is 1. The Bertz CT molecular complexity index is 4620. The zero-order valence-electron chi connectivity index (χ0n) is 51.8. The number of nitrogens with zero attached hydrogens (tertiary/aromatic N) is 15.